The van der Waals surface area contributed by atoms with Gasteiger partial charge < -0.3 is 15.5 Å². The first-order chi connectivity index (χ1) is 8.16. The van der Waals surface area contributed by atoms with E-state index >= 15 is 0 Å². The molecule has 0 saturated heterocycles. The van der Waals surface area contributed by atoms with E-state index in [0.29, 0.717) is 19.0 Å². The van der Waals surface area contributed by atoms with Gasteiger partial charge in [-0.15, -0.1) is 0 Å². The zero-order chi connectivity index (χ0) is 12.3. The molecule has 0 radical (unpaired) electrons. The van der Waals surface area contributed by atoms with Crippen molar-refractivity contribution in [3.8, 4) is 0 Å². The van der Waals surface area contributed by atoms with Gasteiger partial charge in [0.1, 0.15) is 5.76 Å². The molecule has 0 unspecified atom stereocenters. The molecular weight excluding hydrogens is 216 g/mol. The number of nitrogens with two attached hydrogens (primary N) is 1. The van der Waals surface area contributed by atoms with E-state index in [9.17, 15) is 4.79 Å². The second kappa shape index (κ2) is 4.92. The van der Waals surface area contributed by atoms with E-state index in [1.54, 1.807) is 6.26 Å². The summed E-state index contributed by atoms with van der Waals surface area (Å²) >= 11 is 0. The molecule has 0 spiro atoms. The fourth-order valence-electron chi connectivity index (χ4n) is 2.66. The van der Waals surface area contributed by atoms with Crippen LogP contribution < -0.4 is 11.1 Å². The normalized spacial score (nSPS) is 27.5. The summed E-state index contributed by atoms with van der Waals surface area (Å²) in [4.78, 5) is 12.0. The Labute approximate surface area is 102 Å². The number of furan rings is 1. The second-order valence-electron chi connectivity index (χ2n) is 5.08. The van der Waals surface area contributed by atoms with Gasteiger partial charge in [-0.2, -0.15) is 0 Å². The highest BCUT2D eigenvalue weighted by molar-refractivity contribution is 5.83. The molecular formula is C13H20N2O2. The van der Waals surface area contributed by atoms with E-state index in [2.05, 4.69) is 12.2 Å². The van der Waals surface area contributed by atoms with Crippen LogP contribution in [0.4, 0.5) is 0 Å². The van der Waals surface area contributed by atoms with Crippen LogP contribution in [-0.2, 0) is 11.2 Å². The van der Waals surface area contributed by atoms with E-state index in [0.717, 1.165) is 25.0 Å². The Morgan fingerprint density at radius 1 is 1.65 bits per heavy atom. The van der Waals surface area contributed by atoms with Crippen LogP contribution in [0, 0.1) is 11.3 Å². The predicted molar refractivity (Wildman–Crippen MR) is 65.3 cm³/mol. The monoisotopic (exact) mass is 236 g/mol. The van der Waals surface area contributed by atoms with Crippen molar-refractivity contribution in [2.24, 2.45) is 17.1 Å². The highest BCUT2D eigenvalue weighted by Crippen LogP contribution is 2.44. The molecule has 4 nitrogen and oxygen atoms in total. The lowest BCUT2D eigenvalue weighted by atomic mass is 9.62. The Balaban J connectivity index is 1.77. The van der Waals surface area contributed by atoms with Gasteiger partial charge in [0.2, 0.25) is 5.91 Å². The van der Waals surface area contributed by atoms with Crippen molar-refractivity contribution in [1.82, 2.24) is 5.32 Å². The fourth-order valence-corrected chi connectivity index (χ4v) is 2.66. The standard InChI is InChI=1S/C13H20N2O2/c1-10-7-13(8-10,9-14)12(16)15-5-4-11-3-2-6-17-11/h2-3,6,10H,4-5,7-9,14H2,1H3,(H,15,16). The van der Waals surface area contributed by atoms with Gasteiger partial charge in [0.15, 0.2) is 0 Å². The van der Waals surface area contributed by atoms with E-state index < -0.39 is 0 Å². The molecule has 17 heavy (non-hydrogen) atoms. The van der Waals surface area contributed by atoms with Crippen molar-refractivity contribution >= 4 is 5.91 Å². The Bertz CT molecular complexity index is 367. The van der Waals surface area contributed by atoms with Crippen LogP contribution in [0.3, 0.4) is 0 Å². The van der Waals surface area contributed by atoms with Crippen molar-refractivity contribution in [1.29, 1.82) is 0 Å². The minimum Gasteiger partial charge on any atom is -0.469 e. The molecule has 1 aliphatic rings. The lowest BCUT2D eigenvalue weighted by Crippen LogP contribution is -2.53. The summed E-state index contributed by atoms with van der Waals surface area (Å²) in [7, 11) is 0. The number of amides is 1. The summed E-state index contributed by atoms with van der Waals surface area (Å²) in [6.45, 7) is 3.22. The number of hydrogen-bond donors (Lipinski definition) is 2. The van der Waals surface area contributed by atoms with Gasteiger partial charge in [0.25, 0.3) is 0 Å². The van der Waals surface area contributed by atoms with Gasteiger partial charge >= 0.3 is 0 Å². The summed E-state index contributed by atoms with van der Waals surface area (Å²) in [5, 5.41) is 2.96. The number of carbonyl (C=O) groups excluding carboxylic acids is 1. The molecule has 1 aliphatic carbocycles. The second-order valence-corrected chi connectivity index (χ2v) is 5.08. The van der Waals surface area contributed by atoms with Crippen molar-refractivity contribution in [3.05, 3.63) is 24.2 Å². The molecule has 0 atom stereocenters. The summed E-state index contributed by atoms with van der Waals surface area (Å²) in [5.74, 6) is 1.62. The van der Waals surface area contributed by atoms with Gasteiger partial charge in [-0.25, -0.2) is 0 Å². The van der Waals surface area contributed by atoms with Crippen LogP contribution in [0.5, 0.6) is 0 Å². The van der Waals surface area contributed by atoms with Crippen LogP contribution in [0.1, 0.15) is 25.5 Å². The lowest BCUT2D eigenvalue weighted by Gasteiger charge is -2.44. The average molecular weight is 236 g/mol. The number of nitrogens with one attached hydrogen (secondary N) is 1. The topological polar surface area (TPSA) is 68.3 Å². The van der Waals surface area contributed by atoms with Crippen molar-refractivity contribution in [2.75, 3.05) is 13.1 Å². The summed E-state index contributed by atoms with van der Waals surface area (Å²) in [6.07, 6.45) is 4.20. The Kier molecular flexibility index (Phi) is 3.52. The summed E-state index contributed by atoms with van der Waals surface area (Å²) in [5.41, 5.74) is 5.42. The third-order valence-electron chi connectivity index (χ3n) is 3.59. The minimum absolute atomic E-state index is 0.102. The van der Waals surface area contributed by atoms with E-state index in [1.807, 2.05) is 12.1 Å². The van der Waals surface area contributed by atoms with Crippen LogP contribution in [-0.4, -0.2) is 19.0 Å². The molecule has 1 aromatic rings. The van der Waals surface area contributed by atoms with Crippen molar-refractivity contribution in [2.45, 2.75) is 26.2 Å². The largest absolute Gasteiger partial charge is 0.469 e. The molecule has 94 valence electrons. The molecule has 1 saturated carbocycles. The molecule has 0 bridgehead atoms. The molecule has 1 aromatic heterocycles. The van der Waals surface area contributed by atoms with E-state index in [4.69, 9.17) is 10.2 Å². The van der Waals surface area contributed by atoms with Crippen LogP contribution in [0.25, 0.3) is 0 Å². The Hall–Kier alpha value is -1.29. The third kappa shape index (κ3) is 2.52. The van der Waals surface area contributed by atoms with Crippen LogP contribution in [0.15, 0.2) is 22.8 Å². The summed E-state index contributed by atoms with van der Waals surface area (Å²) < 4.78 is 5.21. The molecule has 0 aliphatic heterocycles. The molecule has 0 aromatic carbocycles. The lowest BCUT2D eigenvalue weighted by molar-refractivity contribution is -0.138. The molecule has 4 heteroatoms. The maximum absolute atomic E-state index is 12.0. The average Bonchev–Trinajstić information content (AvgIpc) is 2.77. The van der Waals surface area contributed by atoms with Gasteiger partial charge in [0, 0.05) is 19.5 Å². The fraction of sp³-hybridized carbons (Fsp3) is 0.615. The Morgan fingerprint density at radius 3 is 2.94 bits per heavy atom. The van der Waals surface area contributed by atoms with Crippen molar-refractivity contribution in [3.63, 3.8) is 0 Å². The van der Waals surface area contributed by atoms with Gasteiger partial charge in [-0.1, -0.05) is 6.92 Å². The zero-order valence-corrected chi connectivity index (χ0v) is 10.2. The van der Waals surface area contributed by atoms with Crippen LogP contribution >= 0.6 is 0 Å². The van der Waals surface area contributed by atoms with Gasteiger partial charge in [0.05, 0.1) is 11.7 Å². The smallest absolute Gasteiger partial charge is 0.227 e. The zero-order valence-electron chi connectivity index (χ0n) is 10.2. The van der Waals surface area contributed by atoms with Gasteiger partial charge in [-0.05, 0) is 30.9 Å². The maximum atomic E-state index is 12.0. The highest BCUT2D eigenvalue weighted by Gasteiger charge is 2.46. The first-order valence-electron chi connectivity index (χ1n) is 6.17. The molecule has 3 N–H and O–H groups in total. The van der Waals surface area contributed by atoms with E-state index in [1.165, 1.54) is 0 Å². The Morgan fingerprint density at radius 2 is 2.41 bits per heavy atom. The SMILES string of the molecule is CC1CC(CN)(C(=O)NCCc2ccco2)C1. The summed E-state index contributed by atoms with van der Waals surface area (Å²) in [6, 6.07) is 3.77. The third-order valence-corrected chi connectivity index (χ3v) is 3.59. The quantitative estimate of drug-likeness (QED) is 0.810. The van der Waals surface area contributed by atoms with Crippen molar-refractivity contribution < 1.29 is 9.21 Å². The molecule has 2 rings (SSSR count). The molecule has 1 amide bonds. The first-order valence-corrected chi connectivity index (χ1v) is 6.17. The first kappa shape index (κ1) is 12.2. The number of carbonyl (C=O) groups is 1. The molecule has 1 fully saturated rings. The predicted octanol–water partition coefficient (Wildman–Crippen LogP) is 1.31. The minimum atomic E-state index is -0.303. The van der Waals surface area contributed by atoms with Crippen LogP contribution in [0.2, 0.25) is 0 Å². The number of hydrogen-bond acceptors (Lipinski definition) is 3. The highest BCUT2D eigenvalue weighted by atomic mass is 16.3. The number of rotatable bonds is 5. The van der Waals surface area contributed by atoms with Gasteiger partial charge in [-0.3, -0.25) is 4.79 Å². The van der Waals surface area contributed by atoms with E-state index in [-0.39, 0.29) is 11.3 Å². The molecule has 1 heterocycles. The maximum Gasteiger partial charge on any atom is 0.227 e.